The molecule has 0 fully saturated rings. The molecule has 0 aromatic heterocycles. The van der Waals surface area contributed by atoms with Crippen molar-refractivity contribution in [1.82, 2.24) is 0 Å². The van der Waals surface area contributed by atoms with Gasteiger partial charge in [-0.15, -0.1) is 0 Å². The Morgan fingerprint density at radius 2 is 1.14 bits per heavy atom. The smallest absolute Gasteiger partial charge is 0.259 e. The van der Waals surface area contributed by atoms with E-state index in [1.807, 2.05) is 67.6 Å². The molecule has 0 aliphatic rings. The molecule has 0 saturated carbocycles. The van der Waals surface area contributed by atoms with E-state index < -0.39 is 5.91 Å². The number of phenolic OH excluding ortho intramolecular Hbond substituents is 1. The summed E-state index contributed by atoms with van der Waals surface area (Å²) >= 11 is 0. The van der Waals surface area contributed by atoms with E-state index in [2.05, 4.69) is 29.7 Å². The number of benzene rings is 5. The van der Waals surface area contributed by atoms with Crippen LogP contribution in [0.4, 0.5) is 11.4 Å². The SMILES string of the molecule is Cc1ccc(NC(=O)c2ccc3cc(O)c(C(=O)Nc4ccccc4)cc3c2)cc1.Cc1ccccc1. The standard InChI is InChI=1S/C25H20N2O3.C7H8/c1-16-7-11-21(12-8-16)26-24(29)18-10-9-17-15-23(28)22(14-19(17)13-18)25(30)27-20-5-3-2-4-6-20;1-7-5-3-2-4-6-7/h2-15,28H,1H3,(H,26,29)(H,27,30);2-6H,1H3. The Hall–Kier alpha value is -4.90. The van der Waals surface area contributed by atoms with Crippen molar-refractivity contribution < 1.29 is 14.7 Å². The van der Waals surface area contributed by atoms with Crippen LogP contribution in [0.1, 0.15) is 31.8 Å². The fraction of sp³-hybridized carbons (Fsp3) is 0.0625. The van der Waals surface area contributed by atoms with Gasteiger partial charge in [-0.05, 0) is 73.2 Å². The number of rotatable bonds is 4. The molecule has 5 aromatic rings. The number of aryl methyl sites for hydroxylation is 2. The van der Waals surface area contributed by atoms with Crippen molar-refractivity contribution in [3.63, 3.8) is 0 Å². The number of para-hydroxylation sites is 1. The van der Waals surface area contributed by atoms with Crippen molar-refractivity contribution in [1.29, 1.82) is 0 Å². The number of phenols is 1. The van der Waals surface area contributed by atoms with E-state index in [0.717, 1.165) is 10.9 Å². The van der Waals surface area contributed by atoms with E-state index in [0.29, 0.717) is 22.3 Å². The minimum absolute atomic E-state index is 0.118. The van der Waals surface area contributed by atoms with Gasteiger partial charge in [0.05, 0.1) is 5.56 Å². The molecule has 5 heteroatoms. The van der Waals surface area contributed by atoms with E-state index >= 15 is 0 Å². The number of hydrogen-bond acceptors (Lipinski definition) is 3. The molecular weight excluding hydrogens is 460 g/mol. The molecule has 0 bridgehead atoms. The summed E-state index contributed by atoms with van der Waals surface area (Å²) in [5.74, 6) is -0.785. The van der Waals surface area contributed by atoms with Crippen molar-refractivity contribution in [3.05, 3.63) is 138 Å². The van der Waals surface area contributed by atoms with E-state index in [9.17, 15) is 14.7 Å². The van der Waals surface area contributed by atoms with E-state index in [1.165, 1.54) is 11.6 Å². The first-order chi connectivity index (χ1) is 17.9. The Morgan fingerprint density at radius 1 is 0.568 bits per heavy atom. The molecule has 0 spiro atoms. The lowest BCUT2D eigenvalue weighted by Gasteiger charge is -2.10. The number of amides is 2. The number of anilines is 2. The summed E-state index contributed by atoms with van der Waals surface area (Å²) in [5, 5.41) is 17.4. The van der Waals surface area contributed by atoms with Crippen LogP contribution in [0.5, 0.6) is 5.75 Å². The summed E-state index contributed by atoms with van der Waals surface area (Å²) in [5.41, 5.74) is 4.38. The van der Waals surface area contributed by atoms with Gasteiger partial charge < -0.3 is 15.7 Å². The molecule has 37 heavy (non-hydrogen) atoms. The van der Waals surface area contributed by atoms with Gasteiger partial charge in [0, 0.05) is 16.9 Å². The van der Waals surface area contributed by atoms with Crippen molar-refractivity contribution in [2.45, 2.75) is 13.8 Å². The monoisotopic (exact) mass is 488 g/mol. The number of hydrogen-bond donors (Lipinski definition) is 3. The van der Waals surface area contributed by atoms with E-state index in [1.54, 1.807) is 36.4 Å². The average molecular weight is 489 g/mol. The molecule has 3 N–H and O–H groups in total. The molecule has 0 radical (unpaired) electrons. The van der Waals surface area contributed by atoms with Crippen LogP contribution in [0.25, 0.3) is 10.8 Å². The average Bonchev–Trinajstić information content (AvgIpc) is 2.90. The summed E-state index contributed by atoms with van der Waals surface area (Å²) in [7, 11) is 0. The normalized spacial score (nSPS) is 10.2. The lowest BCUT2D eigenvalue weighted by molar-refractivity contribution is 0.101. The Balaban J connectivity index is 0.000000396. The zero-order valence-electron chi connectivity index (χ0n) is 20.7. The maximum absolute atomic E-state index is 12.6. The predicted octanol–water partition coefficient (Wildman–Crippen LogP) is 7.35. The summed E-state index contributed by atoms with van der Waals surface area (Å²) in [6.07, 6.45) is 0. The topological polar surface area (TPSA) is 78.4 Å². The van der Waals surface area contributed by atoms with Crippen molar-refractivity contribution in [3.8, 4) is 5.75 Å². The van der Waals surface area contributed by atoms with Gasteiger partial charge >= 0.3 is 0 Å². The highest BCUT2D eigenvalue weighted by atomic mass is 16.3. The third-order valence-corrected chi connectivity index (χ3v) is 5.74. The Bertz CT molecular complexity index is 1510. The molecule has 0 atom stereocenters. The van der Waals surface area contributed by atoms with Crippen LogP contribution in [0.15, 0.2) is 115 Å². The highest BCUT2D eigenvalue weighted by molar-refractivity contribution is 6.10. The first-order valence-corrected chi connectivity index (χ1v) is 11.9. The van der Waals surface area contributed by atoms with Crippen molar-refractivity contribution in [2.75, 3.05) is 10.6 Å². The molecule has 5 aromatic carbocycles. The lowest BCUT2D eigenvalue weighted by Crippen LogP contribution is -2.13. The van der Waals surface area contributed by atoms with Gasteiger partial charge in [-0.3, -0.25) is 9.59 Å². The number of carbonyl (C=O) groups excluding carboxylic acids is 2. The largest absolute Gasteiger partial charge is 0.507 e. The highest BCUT2D eigenvalue weighted by Gasteiger charge is 2.14. The minimum atomic E-state index is -0.421. The van der Waals surface area contributed by atoms with Crippen LogP contribution in [-0.4, -0.2) is 16.9 Å². The van der Waals surface area contributed by atoms with Crippen LogP contribution < -0.4 is 10.6 Å². The lowest BCUT2D eigenvalue weighted by atomic mass is 10.0. The number of aromatic hydroxyl groups is 1. The van der Waals surface area contributed by atoms with Crippen LogP contribution in [0, 0.1) is 13.8 Å². The van der Waals surface area contributed by atoms with Gasteiger partial charge in [-0.25, -0.2) is 0 Å². The fourth-order valence-electron chi connectivity index (χ4n) is 3.70. The fourth-order valence-corrected chi connectivity index (χ4v) is 3.70. The molecule has 2 amide bonds. The molecule has 0 unspecified atom stereocenters. The molecule has 184 valence electrons. The van der Waals surface area contributed by atoms with Gasteiger partial charge in [0.25, 0.3) is 11.8 Å². The highest BCUT2D eigenvalue weighted by Crippen LogP contribution is 2.27. The zero-order chi connectivity index (χ0) is 26.2. The van der Waals surface area contributed by atoms with Gasteiger partial charge in [0.2, 0.25) is 0 Å². The Kier molecular flexibility index (Phi) is 7.96. The first-order valence-electron chi connectivity index (χ1n) is 11.9. The van der Waals surface area contributed by atoms with E-state index in [4.69, 9.17) is 0 Å². The molecule has 0 saturated heterocycles. The molecule has 0 aliphatic heterocycles. The van der Waals surface area contributed by atoms with Gasteiger partial charge in [-0.2, -0.15) is 0 Å². The summed E-state index contributed by atoms with van der Waals surface area (Å²) in [6.45, 7) is 4.07. The van der Waals surface area contributed by atoms with Crippen molar-refractivity contribution in [2.24, 2.45) is 0 Å². The minimum Gasteiger partial charge on any atom is -0.507 e. The van der Waals surface area contributed by atoms with Gasteiger partial charge in [0.1, 0.15) is 5.75 Å². The Labute approximate surface area is 216 Å². The second-order valence-corrected chi connectivity index (χ2v) is 8.73. The molecular formula is C32H28N2O3. The van der Waals surface area contributed by atoms with Crippen LogP contribution in [0.2, 0.25) is 0 Å². The van der Waals surface area contributed by atoms with Crippen molar-refractivity contribution >= 4 is 34.0 Å². The second kappa shape index (κ2) is 11.7. The summed E-state index contributed by atoms with van der Waals surface area (Å²) in [6, 6.07) is 35.1. The van der Waals surface area contributed by atoms with Crippen LogP contribution in [-0.2, 0) is 0 Å². The van der Waals surface area contributed by atoms with Crippen LogP contribution in [0.3, 0.4) is 0 Å². The maximum Gasteiger partial charge on any atom is 0.259 e. The quantitative estimate of drug-likeness (QED) is 0.247. The predicted molar refractivity (Wildman–Crippen MR) is 150 cm³/mol. The van der Waals surface area contributed by atoms with Gasteiger partial charge in [-0.1, -0.05) is 77.9 Å². The molecule has 5 rings (SSSR count). The van der Waals surface area contributed by atoms with Gasteiger partial charge in [0.15, 0.2) is 0 Å². The third-order valence-electron chi connectivity index (χ3n) is 5.74. The zero-order valence-corrected chi connectivity index (χ0v) is 20.7. The molecule has 5 nitrogen and oxygen atoms in total. The van der Waals surface area contributed by atoms with Crippen LogP contribution >= 0.6 is 0 Å². The number of nitrogens with one attached hydrogen (secondary N) is 2. The third kappa shape index (κ3) is 6.83. The summed E-state index contributed by atoms with van der Waals surface area (Å²) in [4.78, 5) is 25.2. The Morgan fingerprint density at radius 3 is 1.76 bits per heavy atom. The summed E-state index contributed by atoms with van der Waals surface area (Å²) < 4.78 is 0. The first kappa shape index (κ1) is 25.2. The number of carbonyl (C=O) groups is 2. The molecule has 0 aliphatic carbocycles. The molecule has 0 heterocycles. The van der Waals surface area contributed by atoms with E-state index in [-0.39, 0.29) is 17.2 Å². The maximum atomic E-state index is 12.6. The second-order valence-electron chi connectivity index (χ2n) is 8.73. The number of fused-ring (bicyclic) bond motifs is 1.